The molecule has 27 heavy (non-hydrogen) atoms. The summed E-state index contributed by atoms with van der Waals surface area (Å²) in [5.74, 6) is -0.0582. The van der Waals surface area contributed by atoms with Crippen molar-refractivity contribution in [3.63, 3.8) is 0 Å². The number of nitrogens with one attached hydrogen (secondary N) is 1. The van der Waals surface area contributed by atoms with E-state index in [4.69, 9.17) is 0 Å². The van der Waals surface area contributed by atoms with Crippen LogP contribution in [-0.2, 0) is 0 Å². The average Bonchev–Trinajstić information content (AvgIpc) is 3.05. The standard InChI is InChI=1S/C16H10F3N7O/c17-16(18,19)27-12-3-1-11(2-4-12)23-15-24-14-13(10-7-20-9-21-8-10)22-5-6-26(14)25-15/h1-9H,(H,23,25). The lowest BCUT2D eigenvalue weighted by Crippen LogP contribution is -2.16. The zero-order chi connectivity index (χ0) is 18.9. The molecule has 1 N–H and O–H groups in total. The Balaban J connectivity index is 1.60. The lowest BCUT2D eigenvalue weighted by Gasteiger charge is -2.09. The number of alkyl halides is 3. The number of anilines is 2. The minimum atomic E-state index is -4.73. The molecule has 4 aromatic rings. The summed E-state index contributed by atoms with van der Waals surface area (Å²) in [5.41, 5.74) is 2.20. The van der Waals surface area contributed by atoms with Crippen LogP contribution in [0, 0.1) is 0 Å². The number of hydrogen-bond donors (Lipinski definition) is 1. The maximum Gasteiger partial charge on any atom is 0.573 e. The van der Waals surface area contributed by atoms with E-state index in [0.717, 1.165) is 0 Å². The predicted molar refractivity (Wildman–Crippen MR) is 88.2 cm³/mol. The summed E-state index contributed by atoms with van der Waals surface area (Å²) in [6, 6.07) is 5.24. The van der Waals surface area contributed by atoms with Gasteiger partial charge in [-0.15, -0.1) is 18.3 Å². The van der Waals surface area contributed by atoms with Crippen LogP contribution in [0.25, 0.3) is 16.9 Å². The van der Waals surface area contributed by atoms with Crippen molar-refractivity contribution in [1.82, 2.24) is 29.5 Å². The molecular weight excluding hydrogens is 363 g/mol. The summed E-state index contributed by atoms with van der Waals surface area (Å²) in [6.45, 7) is 0. The monoisotopic (exact) mass is 373 g/mol. The molecule has 3 heterocycles. The summed E-state index contributed by atoms with van der Waals surface area (Å²) in [7, 11) is 0. The van der Waals surface area contributed by atoms with Gasteiger partial charge in [0.2, 0.25) is 5.95 Å². The fourth-order valence-electron chi connectivity index (χ4n) is 2.36. The Bertz CT molecular complexity index is 1070. The van der Waals surface area contributed by atoms with Crippen LogP contribution in [0.15, 0.2) is 55.4 Å². The van der Waals surface area contributed by atoms with Crippen LogP contribution in [0.1, 0.15) is 0 Å². The Morgan fingerprint density at radius 1 is 1.04 bits per heavy atom. The molecule has 0 saturated carbocycles. The molecule has 0 bridgehead atoms. The largest absolute Gasteiger partial charge is 0.573 e. The molecule has 0 aliphatic rings. The first-order valence-corrected chi connectivity index (χ1v) is 7.57. The third kappa shape index (κ3) is 3.76. The SMILES string of the molecule is FC(F)(F)Oc1ccc(Nc2nc3c(-c4cncnc4)nccn3n2)cc1. The van der Waals surface area contributed by atoms with Gasteiger partial charge in [-0.1, -0.05) is 0 Å². The van der Waals surface area contributed by atoms with Crippen molar-refractivity contribution in [3.8, 4) is 17.0 Å². The van der Waals surface area contributed by atoms with E-state index in [1.807, 2.05) is 0 Å². The first kappa shape index (κ1) is 16.7. The van der Waals surface area contributed by atoms with Gasteiger partial charge >= 0.3 is 6.36 Å². The molecule has 0 amide bonds. The molecule has 3 aromatic heterocycles. The van der Waals surface area contributed by atoms with Gasteiger partial charge in [0, 0.05) is 36.0 Å². The van der Waals surface area contributed by atoms with Crippen molar-refractivity contribution in [3.05, 3.63) is 55.4 Å². The minimum Gasteiger partial charge on any atom is -0.406 e. The Hall–Kier alpha value is -3.76. The Kier molecular flexibility index (Phi) is 4.03. The quantitative estimate of drug-likeness (QED) is 0.587. The summed E-state index contributed by atoms with van der Waals surface area (Å²) in [5, 5.41) is 7.20. The van der Waals surface area contributed by atoms with Crippen LogP contribution in [0.5, 0.6) is 5.75 Å². The van der Waals surface area contributed by atoms with E-state index in [1.54, 1.807) is 24.8 Å². The highest BCUT2D eigenvalue weighted by Gasteiger charge is 2.30. The molecule has 0 radical (unpaired) electrons. The summed E-state index contributed by atoms with van der Waals surface area (Å²) >= 11 is 0. The molecule has 0 aliphatic carbocycles. The molecule has 4 rings (SSSR count). The first-order chi connectivity index (χ1) is 13.0. The van der Waals surface area contributed by atoms with Gasteiger partial charge in [-0.25, -0.2) is 14.5 Å². The average molecular weight is 373 g/mol. The van der Waals surface area contributed by atoms with E-state index >= 15 is 0 Å². The number of halogens is 3. The predicted octanol–water partition coefficient (Wildman–Crippen LogP) is 3.22. The lowest BCUT2D eigenvalue weighted by molar-refractivity contribution is -0.274. The van der Waals surface area contributed by atoms with Gasteiger partial charge in [-0.3, -0.25) is 4.98 Å². The molecule has 8 nitrogen and oxygen atoms in total. The van der Waals surface area contributed by atoms with Crippen LogP contribution in [0.4, 0.5) is 24.8 Å². The number of benzene rings is 1. The number of nitrogens with zero attached hydrogens (tertiary/aromatic N) is 6. The van der Waals surface area contributed by atoms with Crippen LogP contribution < -0.4 is 10.1 Å². The highest BCUT2D eigenvalue weighted by atomic mass is 19.4. The number of ether oxygens (including phenoxy) is 1. The summed E-state index contributed by atoms with van der Waals surface area (Å²) in [6.07, 6.45) is 3.08. The van der Waals surface area contributed by atoms with Crippen molar-refractivity contribution in [2.75, 3.05) is 5.32 Å². The van der Waals surface area contributed by atoms with Crippen molar-refractivity contribution in [2.45, 2.75) is 6.36 Å². The summed E-state index contributed by atoms with van der Waals surface area (Å²) < 4.78 is 42.0. The third-order valence-corrected chi connectivity index (χ3v) is 3.43. The maximum atomic E-state index is 12.2. The Morgan fingerprint density at radius 2 is 1.78 bits per heavy atom. The van der Waals surface area contributed by atoms with E-state index in [0.29, 0.717) is 22.6 Å². The lowest BCUT2D eigenvalue weighted by atomic mass is 10.2. The van der Waals surface area contributed by atoms with Gasteiger partial charge < -0.3 is 10.1 Å². The zero-order valence-corrected chi connectivity index (χ0v) is 13.4. The topological polar surface area (TPSA) is 90.1 Å². The molecule has 1 aromatic carbocycles. The van der Waals surface area contributed by atoms with E-state index in [9.17, 15) is 13.2 Å². The van der Waals surface area contributed by atoms with E-state index in [2.05, 4.69) is 35.1 Å². The molecule has 0 aliphatic heterocycles. The molecule has 0 atom stereocenters. The first-order valence-electron chi connectivity index (χ1n) is 7.57. The normalized spacial score (nSPS) is 11.5. The highest BCUT2D eigenvalue weighted by Crippen LogP contribution is 2.25. The number of hydrogen-bond acceptors (Lipinski definition) is 7. The van der Waals surface area contributed by atoms with Gasteiger partial charge in [0.05, 0.1) is 0 Å². The molecule has 11 heteroatoms. The van der Waals surface area contributed by atoms with Gasteiger partial charge in [-0.05, 0) is 24.3 Å². The molecule has 136 valence electrons. The zero-order valence-electron chi connectivity index (χ0n) is 13.4. The van der Waals surface area contributed by atoms with Crippen molar-refractivity contribution < 1.29 is 17.9 Å². The number of rotatable bonds is 4. The van der Waals surface area contributed by atoms with Gasteiger partial charge in [0.1, 0.15) is 17.8 Å². The Labute approximate surface area is 149 Å². The van der Waals surface area contributed by atoms with Gasteiger partial charge in [0.25, 0.3) is 0 Å². The van der Waals surface area contributed by atoms with E-state index in [-0.39, 0.29) is 11.7 Å². The molecule has 0 spiro atoms. The van der Waals surface area contributed by atoms with E-state index < -0.39 is 6.36 Å². The van der Waals surface area contributed by atoms with Crippen molar-refractivity contribution in [1.29, 1.82) is 0 Å². The van der Waals surface area contributed by atoms with Crippen molar-refractivity contribution >= 4 is 17.3 Å². The van der Waals surface area contributed by atoms with Crippen LogP contribution in [0.3, 0.4) is 0 Å². The molecular formula is C16H10F3N7O. The van der Waals surface area contributed by atoms with E-state index in [1.165, 1.54) is 35.1 Å². The summed E-state index contributed by atoms with van der Waals surface area (Å²) in [4.78, 5) is 16.6. The maximum absolute atomic E-state index is 12.2. The molecule has 0 fully saturated rings. The number of fused-ring (bicyclic) bond motifs is 1. The van der Waals surface area contributed by atoms with Crippen LogP contribution >= 0.6 is 0 Å². The highest BCUT2D eigenvalue weighted by molar-refractivity contribution is 5.73. The fourth-order valence-corrected chi connectivity index (χ4v) is 2.36. The van der Waals surface area contributed by atoms with Gasteiger partial charge in [-0.2, -0.15) is 4.98 Å². The smallest absolute Gasteiger partial charge is 0.406 e. The second-order valence-electron chi connectivity index (χ2n) is 5.30. The second kappa shape index (κ2) is 6.52. The van der Waals surface area contributed by atoms with Crippen LogP contribution in [0.2, 0.25) is 0 Å². The van der Waals surface area contributed by atoms with Gasteiger partial charge in [0.15, 0.2) is 5.65 Å². The number of aromatic nitrogens is 6. The molecule has 0 saturated heterocycles. The van der Waals surface area contributed by atoms with Crippen molar-refractivity contribution in [2.24, 2.45) is 0 Å². The minimum absolute atomic E-state index is 0.255. The second-order valence-corrected chi connectivity index (χ2v) is 5.30. The molecule has 0 unspecified atom stereocenters. The Morgan fingerprint density at radius 3 is 2.48 bits per heavy atom. The third-order valence-electron chi connectivity index (χ3n) is 3.43. The van der Waals surface area contributed by atoms with Crippen LogP contribution in [-0.4, -0.2) is 35.9 Å². The fraction of sp³-hybridized carbons (Fsp3) is 0.0625.